The fraction of sp³-hybridized carbons (Fsp3) is 0.192. The number of hydrogen-bond donors (Lipinski definition) is 1. The van der Waals surface area contributed by atoms with Crippen molar-refractivity contribution < 1.29 is 31.5 Å². The Morgan fingerprint density at radius 2 is 1.51 bits per heavy atom. The lowest BCUT2D eigenvalue weighted by Crippen LogP contribution is -2.47. The van der Waals surface area contributed by atoms with Gasteiger partial charge in [0.1, 0.15) is 11.4 Å². The molecular formula is C26H19Br2ClF5N3O2. The van der Waals surface area contributed by atoms with E-state index in [2.05, 4.69) is 37.2 Å². The van der Waals surface area contributed by atoms with Crippen molar-refractivity contribution in [2.45, 2.75) is 0 Å². The number of hydrogen-bond acceptors (Lipinski definition) is 4. The summed E-state index contributed by atoms with van der Waals surface area (Å²) in [6.07, 6.45) is 2.95. The number of ether oxygens (including phenoxy) is 1. The standard InChI is InChI=1S/C26H19Br2ClF5N3O2/c1-39-26-13(10-14(27)11-16(26)28)2-5-19(38)35-15-3-4-18(17(29)12-15)36-6-8-37(9-7-36)25-23(33)21(31)20(30)22(32)24(25)34/h2-5,10-12H,6-9H2,1H3,(H,35,38). The number of halogens is 8. The summed E-state index contributed by atoms with van der Waals surface area (Å²) in [4.78, 5) is 15.4. The van der Waals surface area contributed by atoms with E-state index >= 15 is 0 Å². The number of amides is 1. The average molecular weight is 696 g/mol. The van der Waals surface area contributed by atoms with Crippen molar-refractivity contribution in [2.24, 2.45) is 0 Å². The molecule has 0 unspecified atom stereocenters. The Labute approximate surface area is 242 Å². The van der Waals surface area contributed by atoms with Crippen LogP contribution in [0.5, 0.6) is 5.75 Å². The first-order chi connectivity index (χ1) is 18.5. The molecule has 3 aromatic carbocycles. The van der Waals surface area contributed by atoms with E-state index in [0.717, 1.165) is 13.8 Å². The van der Waals surface area contributed by atoms with Gasteiger partial charge in [-0.2, -0.15) is 0 Å². The number of anilines is 3. The molecule has 0 bridgehead atoms. The lowest BCUT2D eigenvalue weighted by atomic mass is 10.1. The Bertz CT molecular complexity index is 1440. The van der Waals surface area contributed by atoms with Gasteiger partial charge in [-0.15, -0.1) is 0 Å². The molecule has 1 N–H and O–H groups in total. The van der Waals surface area contributed by atoms with Crippen LogP contribution in [0.1, 0.15) is 5.56 Å². The molecule has 0 saturated carbocycles. The van der Waals surface area contributed by atoms with Gasteiger partial charge in [0.15, 0.2) is 23.3 Å². The van der Waals surface area contributed by atoms with E-state index in [1.807, 2.05) is 11.0 Å². The average Bonchev–Trinajstić information content (AvgIpc) is 2.90. The zero-order valence-corrected chi connectivity index (χ0v) is 24.0. The maximum Gasteiger partial charge on any atom is 0.248 e. The minimum Gasteiger partial charge on any atom is -0.495 e. The lowest BCUT2D eigenvalue weighted by molar-refractivity contribution is -0.111. The summed E-state index contributed by atoms with van der Waals surface area (Å²) in [7, 11) is 1.52. The molecule has 4 rings (SSSR count). The van der Waals surface area contributed by atoms with Crippen molar-refractivity contribution in [3.8, 4) is 5.75 Å². The molecule has 0 radical (unpaired) electrons. The molecular weight excluding hydrogens is 677 g/mol. The Balaban J connectivity index is 1.42. The predicted molar refractivity (Wildman–Crippen MR) is 148 cm³/mol. The SMILES string of the molecule is COc1c(Br)cc(Br)cc1C=CC(=O)Nc1ccc(N2CCN(c3c(F)c(F)c(F)c(F)c3F)CC2)c(Cl)c1. The van der Waals surface area contributed by atoms with Crippen molar-refractivity contribution in [3.63, 3.8) is 0 Å². The highest BCUT2D eigenvalue weighted by Gasteiger charge is 2.31. The third-order valence-electron chi connectivity index (χ3n) is 5.99. The van der Waals surface area contributed by atoms with Crippen LogP contribution in [0.25, 0.3) is 6.08 Å². The summed E-state index contributed by atoms with van der Waals surface area (Å²) in [6, 6.07) is 8.47. The summed E-state index contributed by atoms with van der Waals surface area (Å²) in [6.45, 7) is 0.398. The van der Waals surface area contributed by atoms with Gasteiger partial charge >= 0.3 is 0 Å². The summed E-state index contributed by atoms with van der Waals surface area (Å²) >= 11 is 13.2. The van der Waals surface area contributed by atoms with E-state index in [4.69, 9.17) is 16.3 Å². The second kappa shape index (κ2) is 12.1. The Hall–Kier alpha value is -2.83. The topological polar surface area (TPSA) is 44.8 Å². The highest BCUT2D eigenvalue weighted by atomic mass is 79.9. The normalized spacial score (nSPS) is 13.8. The van der Waals surface area contributed by atoms with Crippen LogP contribution in [0.15, 0.2) is 45.4 Å². The van der Waals surface area contributed by atoms with Gasteiger partial charge in [-0.05, 0) is 52.3 Å². The number of nitrogens with one attached hydrogen (secondary N) is 1. The number of piperazine rings is 1. The van der Waals surface area contributed by atoms with Crippen molar-refractivity contribution in [1.29, 1.82) is 0 Å². The second-order valence-electron chi connectivity index (χ2n) is 8.39. The third kappa shape index (κ3) is 6.17. The maximum atomic E-state index is 14.2. The van der Waals surface area contributed by atoms with E-state index in [1.165, 1.54) is 13.2 Å². The van der Waals surface area contributed by atoms with Gasteiger partial charge in [0.2, 0.25) is 11.7 Å². The number of carbonyl (C=O) groups is 1. The number of rotatable bonds is 6. The van der Waals surface area contributed by atoms with Crippen molar-refractivity contribution in [2.75, 3.05) is 48.4 Å². The molecule has 5 nitrogen and oxygen atoms in total. The van der Waals surface area contributed by atoms with Crippen LogP contribution in [-0.4, -0.2) is 39.2 Å². The molecule has 206 valence electrons. The molecule has 1 aliphatic rings. The van der Waals surface area contributed by atoms with Gasteiger partial charge in [0.05, 0.1) is 22.3 Å². The van der Waals surface area contributed by atoms with Crippen LogP contribution in [0.4, 0.5) is 39.0 Å². The van der Waals surface area contributed by atoms with Crippen LogP contribution >= 0.6 is 43.5 Å². The smallest absolute Gasteiger partial charge is 0.248 e. The fourth-order valence-corrected chi connectivity index (χ4v) is 5.87. The van der Waals surface area contributed by atoms with Gasteiger partial charge in [-0.3, -0.25) is 4.79 Å². The quantitative estimate of drug-likeness (QED) is 0.125. The largest absolute Gasteiger partial charge is 0.495 e. The van der Waals surface area contributed by atoms with Crippen LogP contribution < -0.4 is 19.9 Å². The van der Waals surface area contributed by atoms with E-state index in [9.17, 15) is 26.7 Å². The van der Waals surface area contributed by atoms with Crippen LogP contribution in [0.3, 0.4) is 0 Å². The van der Waals surface area contributed by atoms with Crippen molar-refractivity contribution >= 4 is 72.5 Å². The van der Waals surface area contributed by atoms with Gasteiger partial charge < -0.3 is 19.9 Å². The number of methoxy groups -OCH3 is 1. The Morgan fingerprint density at radius 1 is 0.923 bits per heavy atom. The maximum absolute atomic E-state index is 14.2. The van der Waals surface area contributed by atoms with Gasteiger partial charge in [-0.1, -0.05) is 27.5 Å². The van der Waals surface area contributed by atoms with Crippen LogP contribution in [-0.2, 0) is 4.79 Å². The third-order valence-corrected chi connectivity index (χ3v) is 7.34. The molecule has 0 aromatic heterocycles. The fourth-order valence-electron chi connectivity index (χ4n) is 4.15. The highest BCUT2D eigenvalue weighted by molar-refractivity contribution is 9.11. The predicted octanol–water partition coefficient (Wildman–Crippen LogP) is 7.55. The van der Waals surface area contributed by atoms with E-state index in [1.54, 1.807) is 30.3 Å². The summed E-state index contributed by atoms with van der Waals surface area (Å²) in [5.74, 6) is -9.72. The molecule has 3 aromatic rings. The minimum absolute atomic E-state index is 0.00681. The second-order valence-corrected chi connectivity index (χ2v) is 10.6. The number of carbonyl (C=O) groups excluding carboxylic acids is 1. The zero-order chi connectivity index (χ0) is 28.4. The minimum atomic E-state index is -2.19. The van der Waals surface area contributed by atoms with Gasteiger partial charge in [-0.25, -0.2) is 22.0 Å². The van der Waals surface area contributed by atoms with E-state index in [-0.39, 0.29) is 26.2 Å². The molecule has 1 amide bonds. The highest BCUT2D eigenvalue weighted by Crippen LogP contribution is 2.35. The van der Waals surface area contributed by atoms with Gasteiger partial charge in [0.25, 0.3) is 0 Å². The molecule has 1 fully saturated rings. The molecule has 0 aliphatic carbocycles. The molecule has 0 atom stereocenters. The summed E-state index contributed by atoms with van der Waals surface area (Å²) < 4.78 is 75.9. The number of nitrogens with zero attached hydrogens (tertiary/aromatic N) is 2. The molecule has 1 heterocycles. The van der Waals surface area contributed by atoms with Crippen molar-refractivity contribution in [3.05, 3.63) is 85.0 Å². The Kier molecular flexibility index (Phi) is 9.07. The first-order valence-corrected chi connectivity index (χ1v) is 13.3. The molecule has 1 saturated heterocycles. The van der Waals surface area contributed by atoms with Crippen LogP contribution in [0, 0.1) is 29.1 Å². The zero-order valence-electron chi connectivity index (χ0n) is 20.1. The van der Waals surface area contributed by atoms with Crippen molar-refractivity contribution in [1.82, 2.24) is 0 Å². The molecule has 13 heteroatoms. The molecule has 39 heavy (non-hydrogen) atoms. The van der Waals surface area contributed by atoms with Gasteiger partial charge in [0, 0.05) is 48.0 Å². The number of benzene rings is 3. The summed E-state index contributed by atoms with van der Waals surface area (Å²) in [5, 5.41) is 3.02. The van der Waals surface area contributed by atoms with Crippen LogP contribution in [0.2, 0.25) is 5.02 Å². The summed E-state index contributed by atoms with van der Waals surface area (Å²) in [5.41, 5.74) is 0.746. The lowest BCUT2D eigenvalue weighted by Gasteiger charge is -2.38. The monoisotopic (exact) mass is 693 g/mol. The molecule has 1 aliphatic heterocycles. The first kappa shape index (κ1) is 29.2. The molecule has 0 spiro atoms. The Morgan fingerprint density at radius 3 is 2.10 bits per heavy atom. The first-order valence-electron chi connectivity index (χ1n) is 11.3. The van der Waals surface area contributed by atoms with E-state index < -0.39 is 40.7 Å². The van der Waals surface area contributed by atoms with E-state index in [0.29, 0.717) is 27.7 Å².